The molecule has 17 heavy (non-hydrogen) atoms. The quantitative estimate of drug-likeness (QED) is 0.731. The van der Waals surface area contributed by atoms with E-state index in [1.54, 1.807) is 0 Å². The number of fused-ring (bicyclic) bond motifs is 1. The lowest BCUT2D eigenvalue weighted by atomic mass is 9.66. The summed E-state index contributed by atoms with van der Waals surface area (Å²) in [6.07, 6.45) is 5.44. The summed E-state index contributed by atoms with van der Waals surface area (Å²) in [6, 6.07) is 0.321. The maximum absolute atomic E-state index is 11.2. The number of nitrogens with zero attached hydrogens (tertiary/aromatic N) is 1. The zero-order valence-electron chi connectivity index (χ0n) is 10.5. The molecule has 0 bridgehead atoms. The average molecular weight is 240 g/mol. The van der Waals surface area contributed by atoms with Crippen molar-refractivity contribution in [3.8, 4) is 0 Å². The number of hydrogen-bond donors (Lipinski definition) is 2. The van der Waals surface area contributed by atoms with Crippen molar-refractivity contribution in [1.82, 2.24) is 4.90 Å². The lowest BCUT2D eigenvalue weighted by Crippen LogP contribution is -2.60. The molecule has 98 valence electrons. The highest BCUT2D eigenvalue weighted by Crippen LogP contribution is 2.49. The van der Waals surface area contributed by atoms with Crippen molar-refractivity contribution in [2.45, 2.75) is 43.7 Å². The Kier molecular flexibility index (Phi) is 2.94. The number of hydrogen-bond acceptors (Lipinski definition) is 4. The Morgan fingerprint density at radius 2 is 2.18 bits per heavy atom. The highest BCUT2D eigenvalue weighted by Gasteiger charge is 2.59. The lowest BCUT2D eigenvalue weighted by molar-refractivity contribution is -0.110. The normalized spacial score (nSPS) is 47.3. The van der Waals surface area contributed by atoms with E-state index < -0.39 is 5.60 Å². The molecule has 0 aromatic rings. The standard InChI is InChI=1S/C13H24N2O2/c14-9-12(5-8-17-10-12)13(16)4-7-15-6-2-1-3-11(13)15/h11,16H,1-10,14H2. The fraction of sp³-hybridized carbons (Fsp3) is 1.00. The van der Waals surface area contributed by atoms with Gasteiger partial charge in [-0.05, 0) is 32.2 Å². The van der Waals surface area contributed by atoms with Gasteiger partial charge in [-0.15, -0.1) is 0 Å². The summed E-state index contributed by atoms with van der Waals surface area (Å²) in [5, 5.41) is 11.2. The Morgan fingerprint density at radius 3 is 2.88 bits per heavy atom. The van der Waals surface area contributed by atoms with Crippen LogP contribution in [0.5, 0.6) is 0 Å². The van der Waals surface area contributed by atoms with Crippen molar-refractivity contribution in [2.75, 3.05) is 32.8 Å². The molecule has 3 heterocycles. The predicted octanol–water partition coefficient (Wildman–Crippen LogP) is 0.341. The number of nitrogens with two attached hydrogens (primary N) is 1. The summed E-state index contributed by atoms with van der Waals surface area (Å²) in [5.74, 6) is 0. The highest BCUT2D eigenvalue weighted by molar-refractivity contribution is 5.12. The van der Waals surface area contributed by atoms with Crippen LogP contribution in [0.1, 0.15) is 32.1 Å². The van der Waals surface area contributed by atoms with Crippen LogP contribution in [0.4, 0.5) is 0 Å². The van der Waals surface area contributed by atoms with E-state index in [1.165, 1.54) is 12.8 Å². The van der Waals surface area contributed by atoms with Crippen molar-refractivity contribution in [3.63, 3.8) is 0 Å². The Hall–Kier alpha value is -0.160. The van der Waals surface area contributed by atoms with Gasteiger partial charge >= 0.3 is 0 Å². The second-order valence-corrected chi connectivity index (χ2v) is 6.01. The predicted molar refractivity (Wildman–Crippen MR) is 65.7 cm³/mol. The number of rotatable bonds is 2. The molecule has 0 spiro atoms. The minimum Gasteiger partial charge on any atom is -0.387 e. The summed E-state index contributed by atoms with van der Waals surface area (Å²) in [7, 11) is 0. The maximum Gasteiger partial charge on any atom is 0.0905 e. The van der Waals surface area contributed by atoms with E-state index in [9.17, 15) is 5.11 Å². The molecule has 0 radical (unpaired) electrons. The first-order valence-electron chi connectivity index (χ1n) is 6.96. The zero-order chi connectivity index (χ0) is 11.9. The first kappa shape index (κ1) is 11.9. The van der Waals surface area contributed by atoms with Crippen LogP contribution in [0.15, 0.2) is 0 Å². The van der Waals surface area contributed by atoms with Gasteiger partial charge < -0.3 is 15.6 Å². The van der Waals surface area contributed by atoms with Crippen molar-refractivity contribution in [3.05, 3.63) is 0 Å². The van der Waals surface area contributed by atoms with Crippen LogP contribution in [-0.4, -0.2) is 54.5 Å². The molecule has 3 aliphatic rings. The molecule has 3 fully saturated rings. The van der Waals surface area contributed by atoms with Crippen LogP contribution in [0.3, 0.4) is 0 Å². The third-order valence-electron chi connectivity index (χ3n) is 5.36. The van der Waals surface area contributed by atoms with Gasteiger partial charge in [-0.25, -0.2) is 0 Å². The average Bonchev–Trinajstić information content (AvgIpc) is 2.97. The fourth-order valence-corrected chi connectivity index (χ4v) is 4.19. The first-order valence-corrected chi connectivity index (χ1v) is 6.96. The lowest BCUT2D eigenvalue weighted by Gasteiger charge is -2.47. The van der Waals surface area contributed by atoms with E-state index >= 15 is 0 Å². The molecule has 4 nitrogen and oxygen atoms in total. The molecule has 3 rings (SSSR count). The Bertz CT molecular complexity index is 291. The Labute approximate surface area is 103 Å². The van der Waals surface area contributed by atoms with Gasteiger partial charge in [-0.3, -0.25) is 4.90 Å². The van der Waals surface area contributed by atoms with Crippen LogP contribution in [0.2, 0.25) is 0 Å². The van der Waals surface area contributed by atoms with Gasteiger partial charge in [-0.1, -0.05) is 6.42 Å². The molecular formula is C13H24N2O2. The molecule has 0 aromatic carbocycles. The SMILES string of the molecule is NCC1(C2(O)CCN3CCCCC32)CCOC1. The van der Waals surface area contributed by atoms with Crippen LogP contribution in [0, 0.1) is 5.41 Å². The van der Waals surface area contributed by atoms with Gasteiger partial charge in [0.1, 0.15) is 0 Å². The zero-order valence-corrected chi connectivity index (χ0v) is 10.5. The van der Waals surface area contributed by atoms with E-state index in [1.807, 2.05) is 0 Å². The summed E-state index contributed by atoms with van der Waals surface area (Å²) in [6.45, 7) is 4.13. The minimum atomic E-state index is -0.612. The summed E-state index contributed by atoms with van der Waals surface area (Å²) >= 11 is 0. The number of piperidine rings is 1. The van der Waals surface area contributed by atoms with Crippen LogP contribution in [-0.2, 0) is 4.74 Å². The monoisotopic (exact) mass is 240 g/mol. The molecule has 0 amide bonds. The van der Waals surface area contributed by atoms with E-state index in [-0.39, 0.29) is 5.41 Å². The molecule has 3 N–H and O–H groups in total. The van der Waals surface area contributed by atoms with E-state index in [0.717, 1.165) is 39.0 Å². The topological polar surface area (TPSA) is 58.7 Å². The number of aliphatic hydroxyl groups is 1. The van der Waals surface area contributed by atoms with Crippen LogP contribution >= 0.6 is 0 Å². The largest absolute Gasteiger partial charge is 0.387 e. The molecule has 3 unspecified atom stereocenters. The molecule has 3 atom stereocenters. The van der Waals surface area contributed by atoms with Crippen molar-refractivity contribution < 1.29 is 9.84 Å². The van der Waals surface area contributed by atoms with Crippen molar-refractivity contribution in [2.24, 2.45) is 11.1 Å². The molecule has 4 heteroatoms. The van der Waals surface area contributed by atoms with Gasteiger partial charge in [0.15, 0.2) is 0 Å². The third kappa shape index (κ3) is 1.58. The molecule has 0 aromatic heterocycles. The van der Waals surface area contributed by atoms with E-state index in [0.29, 0.717) is 19.2 Å². The van der Waals surface area contributed by atoms with Crippen molar-refractivity contribution >= 4 is 0 Å². The molecule has 0 aliphatic carbocycles. The third-order valence-corrected chi connectivity index (χ3v) is 5.36. The second-order valence-electron chi connectivity index (χ2n) is 6.01. The maximum atomic E-state index is 11.2. The molecular weight excluding hydrogens is 216 g/mol. The van der Waals surface area contributed by atoms with Gasteiger partial charge in [0, 0.05) is 31.2 Å². The number of ether oxygens (including phenoxy) is 1. The van der Waals surface area contributed by atoms with Crippen LogP contribution < -0.4 is 5.73 Å². The van der Waals surface area contributed by atoms with Gasteiger partial charge in [0.2, 0.25) is 0 Å². The highest BCUT2D eigenvalue weighted by atomic mass is 16.5. The Balaban J connectivity index is 1.89. The minimum absolute atomic E-state index is 0.191. The summed E-state index contributed by atoms with van der Waals surface area (Å²) in [5.41, 5.74) is 5.19. The molecule has 3 aliphatic heterocycles. The summed E-state index contributed by atoms with van der Waals surface area (Å²) < 4.78 is 5.55. The molecule has 3 saturated heterocycles. The van der Waals surface area contributed by atoms with Gasteiger partial charge in [0.25, 0.3) is 0 Å². The van der Waals surface area contributed by atoms with Gasteiger partial charge in [-0.2, -0.15) is 0 Å². The first-order chi connectivity index (χ1) is 8.22. The van der Waals surface area contributed by atoms with Crippen LogP contribution in [0.25, 0.3) is 0 Å². The van der Waals surface area contributed by atoms with E-state index in [2.05, 4.69) is 4.90 Å². The Morgan fingerprint density at radius 1 is 1.29 bits per heavy atom. The van der Waals surface area contributed by atoms with Crippen molar-refractivity contribution in [1.29, 1.82) is 0 Å². The molecule has 0 saturated carbocycles. The summed E-state index contributed by atoms with van der Waals surface area (Å²) in [4.78, 5) is 2.47. The van der Waals surface area contributed by atoms with E-state index in [4.69, 9.17) is 10.5 Å². The second kappa shape index (κ2) is 4.19. The fourth-order valence-electron chi connectivity index (χ4n) is 4.19. The smallest absolute Gasteiger partial charge is 0.0905 e. The van der Waals surface area contributed by atoms with Gasteiger partial charge in [0.05, 0.1) is 12.2 Å².